The van der Waals surface area contributed by atoms with Gasteiger partial charge in [-0.05, 0) is 48.9 Å². The highest BCUT2D eigenvalue weighted by molar-refractivity contribution is 5.37. The Bertz CT molecular complexity index is 597. The molecule has 0 aliphatic heterocycles. The van der Waals surface area contributed by atoms with Crippen LogP contribution in [0.25, 0.3) is 0 Å². The van der Waals surface area contributed by atoms with Crippen LogP contribution in [0.2, 0.25) is 0 Å². The lowest BCUT2D eigenvalue weighted by Gasteiger charge is -2.19. The third-order valence-corrected chi connectivity index (χ3v) is 3.13. The second-order valence-electron chi connectivity index (χ2n) is 4.57. The number of rotatable bonds is 4. The van der Waals surface area contributed by atoms with Crippen molar-refractivity contribution >= 4 is 0 Å². The quantitative estimate of drug-likeness (QED) is 0.936. The predicted molar refractivity (Wildman–Crippen MR) is 73.0 cm³/mol. The van der Waals surface area contributed by atoms with Gasteiger partial charge in [0, 0.05) is 12.4 Å². The van der Waals surface area contributed by atoms with E-state index in [0.29, 0.717) is 0 Å². The van der Waals surface area contributed by atoms with E-state index in [4.69, 9.17) is 0 Å². The zero-order valence-electron chi connectivity index (χ0n) is 11.6. The van der Waals surface area contributed by atoms with Crippen molar-refractivity contribution in [2.45, 2.75) is 19.3 Å². The van der Waals surface area contributed by atoms with Crippen molar-refractivity contribution in [1.29, 1.82) is 0 Å². The average Bonchev–Trinajstić information content (AvgIpc) is 2.42. The van der Waals surface area contributed by atoms with E-state index in [1.54, 1.807) is 31.6 Å². The van der Waals surface area contributed by atoms with Crippen LogP contribution in [0.5, 0.6) is 5.75 Å². The highest BCUT2D eigenvalue weighted by atomic mass is 19.4. The summed E-state index contributed by atoms with van der Waals surface area (Å²) in [4.78, 5) is 4.09. The molecule has 0 radical (unpaired) electrons. The summed E-state index contributed by atoms with van der Waals surface area (Å²) >= 11 is 0. The Kier molecular flexibility index (Phi) is 4.47. The van der Waals surface area contributed by atoms with Crippen molar-refractivity contribution in [3.63, 3.8) is 0 Å². The second kappa shape index (κ2) is 6.13. The van der Waals surface area contributed by atoms with E-state index in [-0.39, 0.29) is 11.8 Å². The Labute approximate surface area is 120 Å². The van der Waals surface area contributed by atoms with E-state index >= 15 is 0 Å². The fourth-order valence-corrected chi connectivity index (χ4v) is 2.14. The SMILES string of the molecule is CNC(c1ccc(OC(F)(F)F)cc1)c1cnccc1C. The Morgan fingerprint density at radius 2 is 1.81 bits per heavy atom. The molecule has 3 nitrogen and oxygen atoms in total. The lowest BCUT2D eigenvalue weighted by molar-refractivity contribution is -0.274. The van der Waals surface area contributed by atoms with Gasteiger partial charge in [0.2, 0.25) is 0 Å². The summed E-state index contributed by atoms with van der Waals surface area (Å²) in [5.41, 5.74) is 2.87. The number of hydrogen-bond donors (Lipinski definition) is 1. The Morgan fingerprint density at radius 1 is 1.14 bits per heavy atom. The molecule has 1 heterocycles. The van der Waals surface area contributed by atoms with Gasteiger partial charge < -0.3 is 10.1 Å². The molecule has 0 fully saturated rings. The molecule has 1 atom stereocenters. The van der Waals surface area contributed by atoms with E-state index < -0.39 is 6.36 Å². The maximum Gasteiger partial charge on any atom is 0.573 e. The van der Waals surface area contributed by atoms with Gasteiger partial charge in [-0.3, -0.25) is 4.98 Å². The van der Waals surface area contributed by atoms with Crippen LogP contribution in [-0.2, 0) is 0 Å². The molecule has 0 spiro atoms. The first-order chi connectivity index (χ1) is 9.90. The van der Waals surface area contributed by atoms with Crippen molar-refractivity contribution < 1.29 is 17.9 Å². The monoisotopic (exact) mass is 296 g/mol. The predicted octanol–water partition coefficient (Wildman–Crippen LogP) is 3.60. The number of pyridine rings is 1. The van der Waals surface area contributed by atoms with Crippen LogP contribution in [0.4, 0.5) is 13.2 Å². The molecular formula is C15H15F3N2O. The van der Waals surface area contributed by atoms with Gasteiger partial charge in [-0.15, -0.1) is 13.2 Å². The number of alkyl halides is 3. The summed E-state index contributed by atoms with van der Waals surface area (Å²) in [7, 11) is 1.79. The van der Waals surface area contributed by atoms with E-state index in [0.717, 1.165) is 16.7 Å². The second-order valence-corrected chi connectivity index (χ2v) is 4.57. The number of aromatic nitrogens is 1. The first-order valence-electron chi connectivity index (χ1n) is 6.34. The Morgan fingerprint density at radius 3 is 2.33 bits per heavy atom. The smallest absolute Gasteiger partial charge is 0.406 e. The van der Waals surface area contributed by atoms with Gasteiger partial charge in [-0.2, -0.15) is 0 Å². The molecule has 1 aromatic carbocycles. The third kappa shape index (κ3) is 3.95. The molecule has 0 bridgehead atoms. The molecule has 0 aliphatic carbocycles. The highest BCUT2D eigenvalue weighted by Gasteiger charge is 2.31. The van der Waals surface area contributed by atoms with Gasteiger partial charge in [0.1, 0.15) is 5.75 Å². The lowest BCUT2D eigenvalue weighted by Crippen LogP contribution is -2.19. The van der Waals surface area contributed by atoms with E-state index in [2.05, 4.69) is 15.0 Å². The van der Waals surface area contributed by atoms with Crippen molar-refractivity contribution in [2.24, 2.45) is 0 Å². The molecule has 6 heteroatoms. The van der Waals surface area contributed by atoms with Gasteiger partial charge in [0.15, 0.2) is 0 Å². The van der Waals surface area contributed by atoms with Gasteiger partial charge in [-0.25, -0.2) is 0 Å². The van der Waals surface area contributed by atoms with Crippen LogP contribution < -0.4 is 10.1 Å². The van der Waals surface area contributed by atoms with Crippen LogP contribution in [0.15, 0.2) is 42.7 Å². The minimum atomic E-state index is -4.68. The maximum absolute atomic E-state index is 12.1. The van der Waals surface area contributed by atoms with E-state index in [1.807, 2.05) is 13.0 Å². The van der Waals surface area contributed by atoms with E-state index in [9.17, 15) is 13.2 Å². The molecule has 2 rings (SSSR count). The van der Waals surface area contributed by atoms with Crippen LogP contribution in [-0.4, -0.2) is 18.4 Å². The molecular weight excluding hydrogens is 281 g/mol. The summed E-state index contributed by atoms with van der Waals surface area (Å²) in [5.74, 6) is -0.232. The minimum absolute atomic E-state index is 0.140. The standard InChI is InChI=1S/C15H15F3N2O/c1-10-7-8-20-9-13(10)14(19-2)11-3-5-12(6-4-11)21-15(16,17)18/h3-9,14,19H,1-2H3. The number of benzene rings is 1. The van der Waals surface area contributed by atoms with E-state index in [1.165, 1.54) is 12.1 Å². The highest BCUT2D eigenvalue weighted by Crippen LogP contribution is 2.27. The number of ether oxygens (including phenoxy) is 1. The fourth-order valence-electron chi connectivity index (χ4n) is 2.14. The molecule has 2 aromatic rings. The van der Waals surface area contributed by atoms with Crippen LogP contribution in [0.3, 0.4) is 0 Å². The third-order valence-electron chi connectivity index (χ3n) is 3.13. The molecule has 0 amide bonds. The van der Waals surface area contributed by atoms with Crippen molar-refractivity contribution in [3.8, 4) is 5.75 Å². The van der Waals surface area contributed by atoms with Crippen LogP contribution >= 0.6 is 0 Å². The number of nitrogens with one attached hydrogen (secondary N) is 1. The number of nitrogens with zero attached hydrogens (tertiary/aromatic N) is 1. The minimum Gasteiger partial charge on any atom is -0.406 e. The topological polar surface area (TPSA) is 34.1 Å². The Hall–Kier alpha value is -2.08. The normalized spacial score (nSPS) is 13.0. The van der Waals surface area contributed by atoms with Crippen molar-refractivity contribution in [1.82, 2.24) is 10.3 Å². The first-order valence-corrected chi connectivity index (χ1v) is 6.34. The number of hydrogen-bond acceptors (Lipinski definition) is 3. The molecule has 1 aromatic heterocycles. The molecule has 21 heavy (non-hydrogen) atoms. The maximum atomic E-state index is 12.1. The first kappa shape index (κ1) is 15.3. The van der Waals surface area contributed by atoms with Gasteiger partial charge in [0.05, 0.1) is 6.04 Å². The molecule has 0 aliphatic rings. The van der Waals surface area contributed by atoms with Crippen LogP contribution in [0, 0.1) is 6.92 Å². The number of halogens is 3. The van der Waals surface area contributed by atoms with Crippen molar-refractivity contribution in [3.05, 3.63) is 59.4 Å². The Balaban J connectivity index is 2.26. The average molecular weight is 296 g/mol. The van der Waals surface area contributed by atoms with Crippen LogP contribution in [0.1, 0.15) is 22.7 Å². The summed E-state index contributed by atoms with van der Waals surface area (Å²) in [5, 5.41) is 3.14. The molecule has 112 valence electrons. The van der Waals surface area contributed by atoms with Gasteiger partial charge in [0.25, 0.3) is 0 Å². The summed E-state index contributed by atoms with van der Waals surface area (Å²) in [6.45, 7) is 1.96. The summed E-state index contributed by atoms with van der Waals surface area (Å²) in [6.07, 6.45) is -1.23. The zero-order valence-corrected chi connectivity index (χ0v) is 11.6. The molecule has 1 unspecified atom stereocenters. The largest absolute Gasteiger partial charge is 0.573 e. The zero-order chi connectivity index (χ0) is 15.5. The number of aryl methyl sites for hydroxylation is 1. The van der Waals surface area contributed by atoms with Gasteiger partial charge in [-0.1, -0.05) is 12.1 Å². The lowest BCUT2D eigenvalue weighted by atomic mass is 9.97. The van der Waals surface area contributed by atoms with Crippen molar-refractivity contribution in [2.75, 3.05) is 7.05 Å². The summed E-state index contributed by atoms with van der Waals surface area (Å²) in [6, 6.07) is 7.57. The summed E-state index contributed by atoms with van der Waals surface area (Å²) < 4.78 is 40.3. The fraction of sp³-hybridized carbons (Fsp3) is 0.267. The molecule has 1 N–H and O–H groups in total. The molecule has 0 saturated carbocycles. The molecule has 0 saturated heterocycles. The van der Waals surface area contributed by atoms with Gasteiger partial charge >= 0.3 is 6.36 Å².